The fourth-order valence-electron chi connectivity index (χ4n) is 1.64. The number of hydrogen-bond donors (Lipinski definition) is 1. The lowest BCUT2D eigenvalue weighted by Crippen LogP contribution is -2.14. The van der Waals surface area contributed by atoms with Crippen molar-refractivity contribution in [3.63, 3.8) is 0 Å². The molecule has 0 spiro atoms. The molecular formula is C15H21Cl2NO2. The summed E-state index contributed by atoms with van der Waals surface area (Å²) in [7, 11) is 1.60. The van der Waals surface area contributed by atoms with E-state index < -0.39 is 0 Å². The molecule has 20 heavy (non-hydrogen) atoms. The molecule has 0 aliphatic rings. The van der Waals surface area contributed by atoms with E-state index in [1.165, 1.54) is 5.54 Å². The van der Waals surface area contributed by atoms with Crippen molar-refractivity contribution in [2.75, 3.05) is 20.3 Å². The molecule has 0 aliphatic carbocycles. The smallest absolute Gasteiger partial charge is 0.180 e. The molecule has 0 bridgehead atoms. The van der Waals surface area contributed by atoms with Crippen LogP contribution in [0, 0.1) is 0 Å². The lowest BCUT2D eigenvalue weighted by atomic mass is 10.2. The van der Waals surface area contributed by atoms with Gasteiger partial charge in [-0.25, -0.2) is 0 Å². The first-order valence-electron chi connectivity index (χ1n) is 6.58. The molecule has 1 rings (SSSR count). The Labute approximate surface area is 130 Å². The van der Waals surface area contributed by atoms with Gasteiger partial charge in [0, 0.05) is 12.1 Å². The molecule has 0 fully saturated rings. The van der Waals surface area contributed by atoms with E-state index in [1.54, 1.807) is 7.11 Å². The third-order valence-electron chi connectivity index (χ3n) is 2.68. The molecule has 0 unspecified atom stereocenters. The van der Waals surface area contributed by atoms with E-state index in [0.29, 0.717) is 23.1 Å². The Morgan fingerprint density at radius 3 is 2.75 bits per heavy atom. The van der Waals surface area contributed by atoms with Crippen molar-refractivity contribution < 1.29 is 9.47 Å². The van der Waals surface area contributed by atoms with E-state index >= 15 is 0 Å². The SMILES string of the molecule is CCCNCc1cc(Cl)c(OC/C(C)=C/Cl)c(OC)c1. The summed E-state index contributed by atoms with van der Waals surface area (Å²) < 4.78 is 11.0. The zero-order chi connectivity index (χ0) is 15.0. The summed E-state index contributed by atoms with van der Waals surface area (Å²) in [6.45, 7) is 6.12. The van der Waals surface area contributed by atoms with Gasteiger partial charge in [-0.2, -0.15) is 0 Å². The third kappa shape index (κ3) is 5.23. The Hall–Kier alpha value is -0.900. The van der Waals surface area contributed by atoms with Crippen LogP contribution in [-0.2, 0) is 6.54 Å². The molecule has 1 aromatic rings. The normalized spacial score (nSPS) is 11.6. The fraction of sp³-hybridized carbons (Fsp3) is 0.467. The van der Waals surface area contributed by atoms with Crippen LogP contribution in [0.1, 0.15) is 25.8 Å². The molecule has 1 aromatic carbocycles. The summed E-state index contributed by atoms with van der Waals surface area (Å²) in [5, 5.41) is 3.87. The van der Waals surface area contributed by atoms with E-state index in [2.05, 4.69) is 12.2 Å². The van der Waals surface area contributed by atoms with Crippen molar-refractivity contribution in [3.8, 4) is 11.5 Å². The second-order valence-corrected chi connectivity index (χ2v) is 5.16. The van der Waals surface area contributed by atoms with Crippen LogP contribution in [0.2, 0.25) is 5.02 Å². The highest BCUT2D eigenvalue weighted by molar-refractivity contribution is 6.32. The number of nitrogens with one attached hydrogen (secondary N) is 1. The summed E-state index contributed by atoms with van der Waals surface area (Å²) >= 11 is 11.9. The minimum atomic E-state index is 0.382. The first-order chi connectivity index (χ1) is 9.62. The standard InChI is InChI=1S/C15H21Cl2NO2/c1-4-5-18-9-12-6-13(17)15(14(7-12)19-3)20-10-11(2)8-16/h6-8,18H,4-5,9-10H2,1-3H3/b11-8+. The molecule has 1 N–H and O–H groups in total. The molecule has 0 heterocycles. The molecule has 0 amide bonds. The number of halogens is 2. The van der Waals surface area contributed by atoms with Crippen LogP contribution in [0.4, 0.5) is 0 Å². The van der Waals surface area contributed by atoms with Gasteiger partial charge in [-0.05, 0) is 43.2 Å². The summed E-state index contributed by atoms with van der Waals surface area (Å²) in [6.07, 6.45) is 1.09. The maximum absolute atomic E-state index is 6.27. The van der Waals surface area contributed by atoms with E-state index in [9.17, 15) is 0 Å². The van der Waals surface area contributed by atoms with Crippen LogP contribution in [0.3, 0.4) is 0 Å². The maximum Gasteiger partial charge on any atom is 0.180 e. The Balaban J connectivity index is 2.84. The Kier molecular flexibility index (Phi) is 7.82. The Morgan fingerprint density at radius 2 is 2.15 bits per heavy atom. The molecule has 0 atom stereocenters. The highest BCUT2D eigenvalue weighted by atomic mass is 35.5. The average molecular weight is 318 g/mol. The zero-order valence-corrected chi connectivity index (χ0v) is 13.6. The number of hydrogen-bond acceptors (Lipinski definition) is 3. The topological polar surface area (TPSA) is 30.5 Å². The van der Waals surface area contributed by atoms with Crippen molar-refractivity contribution in [3.05, 3.63) is 33.8 Å². The predicted molar refractivity (Wildman–Crippen MR) is 85.1 cm³/mol. The van der Waals surface area contributed by atoms with Crippen molar-refractivity contribution in [1.29, 1.82) is 0 Å². The second kappa shape index (κ2) is 9.11. The van der Waals surface area contributed by atoms with Crippen LogP contribution in [0.25, 0.3) is 0 Å². The maximum atomic E-state index is 6.27. The third-order valence-corrected chi connectivity index (χ3v) is 3.33. The van der Waals surface area contributed by atoms with Gasteiger partial charge in [0.15, 0.2) is 11.5 Å². The van der Waals surface area contributed by atoms with Gasteiger partial charge in [-0.1, -0.05) is 30.1 Å². The summed E-state index contributed by atoms with van der Waals surface area (Å²) in [4.78, 5) is 0. The molecule has 0 saturated carbocycles. The van der Waals surface area contributed by atoms with Crippen molar-refractivity contribution in [1.82, 2.24) is 5.32 Å². The summed E-state index contributed by atoms with van der Waals surface area (Å²) in [6, 6.07) is 3.82. The zero-order valence-electron chi connectivity index (χ0n) is 12.1. The van der Waals surface area contributed by atoms with Gasteiger partial charge >= 0.3 is 0 Å². The van der Waals surface area contributed by atoms with Gasteiger partial charge < -0.3 is 14.8 Å². The van der Waals surface area contributed by atoms with Gasteiger partial charge in [0.25, 0.3) is 0 Å². The predicted octanol–water partition coefficient (Wildman–Crippen LogP) is 4.37. The van der Waals surface area contributed by atoms with E-state index in [0.717, 1.165) is 30.6 Å². The molecule has 0 radical (unpaired) electrons. The van der Waals surface area contributed by atoms with Crippen molar-refractivity contribution in [2.24, 2.45) is 0 Å². The average Bonchev–Trinajstić information content (AvgIpc) is 2.45. The molecule has 3 nitrogen and oxygen atoms in total. The Bertz CT molecular complexity index is 461. The largest absolute Gasteiger partial charge is 0.493 e. The number of methoxy groups -OCH3 is 1. The monoisotopic (exact) mass is 317 g/mol. The fourth-order valence-corrected chi connectivity index (χ4v) is 1.99. The summed E-state index contributed by atoms with van der Waals surface area (Å²) in [5.74, 6) is 1.18. The van der Waals surface area contributed by atoms with E-state index in [1.807, 2.05) is 19.1 Å². The number of ether oxygens (including phenoxy) is 2. The van der Waals surface area contributed by atoms with Crippen molar-refractivity contribution in [2.45, 2.75) is 26.8 Å². The highest BCUT2D eigenvalue weighted by Gasteiger charge is 2.12. The molecule has 0 aliphatic heterocycles. The minimum Gasteiger partial charge on any atom is -0.493 e. The summed E-state index contributed by atoms with van der Waals surface area (Å²) in [5.41, 5.74) is 3.47. The lowest BCUT2D eigenvalue weighted by Gasteiger charge is -2.14. The van der Waals surface area contributed by atoms with Gasteiger partial charge in [0.05, 0.1) is 12.1 Å². The lowest BCUT2D eigenvalue weighted by molar-refractivity contribution is 0.319. The van der Waals surface area contributed by atoms with Gasteiger partial charge in [0.2, 0.25) is 0 Å². The minimum absolute atomic E-state index is 0.382. The van der Waals surface area contributed by atoms with Gasteiger partial charge in [0.1, 0.15) is 6.61 Å². The van der Waals surface area contributed by atoms with Gasteiger partial charge in [-0.3, -0.25) is 0 Å². The van der Waals surface area contributed by atoms with Crippen LogP contribution in [0.15, 0.2) is 23.2 Å². The molecule has 0 aromatic heterocycles. The second-order valence-electron chi connectivity index (χ2n) is 4.53. The Morgan fingerprint density at radius 1 is 1.40 bits per heavy atom. The van der Waals surface area contributed by atoms with Crippen LogP contribution in [-0.4, -0.2) is 20.3 Å². The number of benzene rings is 1. The molecule has 112 valence electrons. The van der Waals surface area contributed by atoms with E-state index in [4.69, 9.17) is 32.7 Å². The highest BCUT2D eigenvalue weighted by Crippen LogP contribution is 2.36. The first kappa shape index (κ1) is 17.2. The molecular weight excluding hydrogens is 297 g/mol. The number of rotatable bonds is 8. The first-order valence-corrected chi connectivity index (χ1v) is 7.39. The molecule has 5 heteroatoms. The van der Waals surface area contributed by atoms with E-state index in [-0.39, 0.29) is 0 Å². The van der Waals surface area contributed by atoms with Crippen molar-refractivity contribution >= 4 is 23.2 Å². The van der Waals surface area contributed by atoms with Crippen LogP contribution in [0.5, 0.6) is 11.5 Å². The van der Waals surface area contributed by atoms with Gasteiger partial charge in [-0.15, -0.1) is 0 Å². The quantitative estimate of drug-likeness (QED) is 0.722. The molecule has 0 saturated heterocycles. The van der Waals surface area contributed by atoms with Crippen LogP contribution < -0.4 is 14.8 Å². The van der Waals surface area contributed by atoms with Crippen LogP contribution >= 0.6 is 23.2 Å².